The topological polar surface area (TPSA) is 97.0 Å². The van der Waals surface area contributed by atoms with Crippen molar-refractivity contribution in [1.82, 2.24) is 0 Å². The number of esters is 1. The fourth-order valence-corrected chi connectivity index (χ4v) is 1.38. The van der Waals surface area contributed by atoms with Gasteiger partial charge in [-0.05, 0) is 12.1 Å². The molecule has 0 amide bonds. The molecule has 1 heterocycles. The molecule has 0 radical (unpaired) electrons. The van der Waals surface area contributed by atoms with Crippen LogP contribution in [0.5, 0.6) is 11.5 Å². The van der Waals surface area contributed by atoms with Crippen molar-refractivity contribution in [3.8, 4) is 11.5 Å². The van der Waals surface area contributed by atoms with Gasteiger partial charge in [0, 0.05) is 6.07 Å². The summed E-state index contributed by atoms with van der Waals surface area (Å²) in [5.74, 6) is -1.36. The number of phenols is 1. The van der Waals surface area contributed by atoms with Gasteiger partial charge < -0.3 is 19.4 Å². The van der Waals surface area contributed by atoms with Gasteiger partial charge in [0.25, 0.3) is 0 Å². The number of ether oxygens (including phenoxy) is 1. The molecule has 0 unspecified atom stereocenters. The van der Waals surface area contributed by atoms with Gasteiger partial charge in [-0.2, -0.15) is 0 Å². The van der Waals surface area contributed by atoms with Crippen molar-refractivity contribution in [3.05, 3.63) is 58.1 Å². The predicted octanol–water partition coefficient (Wildman–Crippen LogP) is 2.43. The molecular formula is C15H16O6. The lowest BCUT2D eigenvalue weighted by molar-refractivity contribution is 0.0439. The van der Waals surface area contributed by atoms with Gasteiger partial charge in [0.15, 0.2) is 5.75 Å². The first-order valence-corrected chi connectivity index (χ1v) is 6.34. The number of rotatable bonds is 3. The van der Waals surface area contributed by atoms with Crippen LogP contribution in [0, 0.1) is 0 Å². The molecule has 6 heteroatoms. The summed E-state index contributed by atoms with van der Waals surface area (Å²) in [4.78, 5) is 22.8. The fourth-order valence-electron chi connectivity index (χ4n) is 1.38. The first-order valence-electron chi connectivity index (χ1n) is 6.34. The Morgan fingerprint density at radius 3 is 2.48 bits per heavy atom. The third-order valence-corrected chi connectivity index (χ3v) is 2.34. The number of benzene rings is 1. The summed E-state index contributed by atoms with van der Waals surface area (Å²) in [7, 11) is 0. The lowest BCUT2D eigenvalue weighted by atomic mass is 10.2. The Labute approximate surface area is 121 Å². The van der Waals surface area contributed by atoms with Crippen molar-refractivity contribution in [2.24, 2.45) is 0 Å². The maximum Gasteiger partial charge on any atom is 0.342 e. The zero-order valence-electron chi connectivity index (χ0n) is 11.7. The normalized spacial score (nSPS) is 9.43. The molecule has 0 atom stereocenters. The summed E-state index contributed by atoms with van der Waals surface area (Å²) < 4.78 is 9.74. The molecule has 2 N–H and O–H groups in total. The van der Waals surface area contributed by atoms with Crippen LogP contribution >= 0.6 is 0 Å². The molecule has 6 nitrogen and oxygen atoms in total. The number of hydrogen-bond donors (Lipinski definition) is 2. The Morgan fingerprint density at radius 2 is 1.86 bits per heavy atom. The van der Waals surface area contributed by atoms with Crippen LogP contribution in [0.3, 0.4) is 0 Å². The van der Waals surface area contributed by atoms with Crippen LogP contribution in [0.25, 0.3) is 0 Å². The van der Waals surface area contributed by atoms with E-state index >= 15 is 0 Å². The van der Waals surface area contributed by atoms with Crippen LogP contribution < -0.4 is 5.43 Å². The van der Waals surface area contributed by atoms with Gasteiger partial charge in [0.2, 0.25) is 5.43 Å². The van der Waals surface area contributed by atoms with Crippen LogP contribution in [0.15, 0.2) is 45.8 Å². The Kier molecular flexibility index (Phi) is 6.00. The summed E-state index contributed by atoms with van der Waals surface area (Å²) in [5.41, 5.74) is -0.608. The molecule has 1 aromatic heterocycles. The molecule has 2 aromatic rings. The minimum atomic E-state index is -0.742. The molecular weight excluding hydrogens is 276 g/mol. The van der Waals surface area contributed by atoms with E-state index in [2.05, 4.69) is 0 Å². The molecule has 0 fully saturated rings. The lowest BCUT2D eigenvalue weighted by Gasteiger charge is -2.05. The van der Waals surface area contributed by atoms with Gasteiger partial charge in [-0.1, -0.05) is 26.0 Å². The quantitative estimate of drug-likeness (QED) is 0.843. The SMILES string of the molecule is CC.O=C(OCc1cc(=O)c(O)co1)c1ccccc1O. The molecule has 0 bridgehead atoms. The zero-order valence-corrected chi connectivity index (χ0v) is 11.7. The number of carbonyl (C=O) groups is 1. The van der Waals surface area contributed by atoms with E-state index < -0.39 is 17.1 Å². The van der Waals surface area contributed by atoms with Crippen LogP contribution in [0.4, 0.5) is 0 Å². The van der Waals surface area contributed by atoms with Crippen LogP contribution in [-0.2, 0) is 11.3 Å². The Morgan fingerprint density at radius 1 is 1.19 bits per heavy atom. The number of phenolic OH excluding ortho intramolecular Hbond substituents is 1. The van der Waals surface area contributed by atoms with E-state index in [1.165, 1.54) is 12.1 Å². The molecule has 0 aliphatic carbocycles. The number of hydrogen-bond acceptors (Lipinski definition) is 6. The number of para-hydroxylation sites is 1. The van der Waals surface area contributed by atoms with Crippen molar-refractivity contribution < 1.29 is 24.2 Å². The van der Waals surface area contributed by atoms with Crippen LogP contribution in [0.1, 0.15) is 30.0 Å². The second-order valence-corrected chi connectivity index (χ2v) is 3.69. The van der Waals surface area contributed by atoms with Crippen molar-refractivity contribution in [3.63, 3.8) is 0 Å². The van der Waals surface area contributed by atoms with Gasteiger partial charge in [-0.25, -0.2) is 4.79 Å². The highest BCUT2D eigenvalue weighted by molar-refractivity contribution is 5.92. The van der Waals surface area contributed by atoms with Gasteiger partial charge in [-0.3, -0.25) is 4.79 Å². The first kappa shape index (κ1) is 16.3. The second-order valence-electron chi connectivity index (χ2n) is 3.69. The molecule has 0 saturated heterocycles. The highest BCUT2D eigenvalue weighted by Crippen LogP contribution is 2.17. The largest absolute Gasteiger partial charge is 0.507 e. The van der Waals surface area contributed by atoms with E-state index in [9.17, 15) is 14.7 Å². The third kappa shape index (κ3) is 4.38. The van der Waals surface area contributed by atoms with E-state index in [4.69, 9.17) is 14.3 Å². The van der Waals surface area contributed by atoms with E-state index in [0.717, 1.165) is 12.3 Å². The highest BCUT2D eigenvalue weighted by Gasteiger charge is 2.12. The third-order valence-electron chi connectivity index (χ3n) is 2.34. The van der Waals surface area contributed by atoms with Crippen molar-refractivity contribution in [2.45, 2.75) is 20.5 Å². The molecule has 0 aliphatic rings. The average Bonchev–Trinajstić information content (AvgIpc) is 2.50. The highest BCUT2D eigenvalue weighted by atomic mass is 16.5. The van der Waals surface area contributed by atoms with Gasteiger partial charge in [-0.15, -0.1) is 0 Å². The van der Waals surface area contributed by atoms with Crippen molar-refractivity contribution in [2.75, 3.05) is 0 Å². The summed E-state index contributed by atoms with van der Waals surface area (Å²) in [5, 5.41) is 18.4. The minimum absolute atomic E-state index is 0.0172. The maximum absolute atomic E-state index is 11.6. The number of carbonyl (C=O) groups excluding carboxylic acids is 1. The summed E-state index contributed by atoms with van der Waals surface area (Å²) in [6, 6.07) is 6.94. The summed E-state index contributed by atoms with van der Waals surface area (Å²) in [6.07, 6.45) is 0.867. The monoisotopic (exact) mass is 292 g/mol. The van der Waals surface area contributed by atoms with Gasteiger partial charge in [0.05, 0.1) is 0 Å². The predicted molar refractivity (Wildman–Crippen MR) is 75.2 cm³/mol. The Bertz CT molecular complexity index is 659. The zero-order chi connectivity index (χ0) is 15.8. The summed E-state index contributed by atoms with van der Waals surface area (Å²) in [6.45, 7) is 3.72. The molecule has 21 heavy (non-hydrogen) atoms. The molecule has 1 aromatic carbocycles. The second kappa shape index (κ2) is 7.74. The van der Waals surface area contributed by atoms with Gasteiger partial charge >= 0.3 is 5.97 Å². The number of aromatic hydroxyl groups is 2. The van der Waals surface area contributed by atoms with E-state index in [-0.39, 0.29) is 23.7 Å². The molecule has 112 valence electrons. The van der Waals surface area contributed by atoms with E-state index in [1.807, 2.05) is 13.8 Å². The Hall–Kier alpha value is -2.76. The first-order chi connectivity index (χ1) is 10.1. The lowest BCUT2D eigenvalue weighted by Crippen LogP contribution is -2.07. The summed E-state index contributed by atoms with van der Waals surface area (Å²) >= 11 is 0. The molecule has 0 spiro atoms. The van der Waals surface area contributed by atoms with E-state index in [0.29, 0.717) is 0 Å². The average molecular weight is 292 g/mol. The fraction of sp³-hybridized carbons (Fsp3) is 0.200. The molecule has 0 saturated carbocycles. The molecule has 2 rings (SSSR count). The smallest absolute Gasteiger partial charge is 0.342 e. The van der Waals surface area contributed by atoms with Crippen molar-refractivity contribution in [1.29, 1.82) is 0 Å². The Balaban J connectivity index is 0.00000106. The molecule has 0 aliphatic heterocycles. The van der Waals surface area contributed by atoms with Crippen molar-refractivity contribution >= 4 is 5.97 Å². The minimum Gasteiger partial charge on any atom is -0.507 e. The van der Waals surface area contributed by atoms with E-state index in [1.54, 1.807) is 12.1 Å². The van der Waals surface area contributed by atoms with Gasteiger partial charge in [0.1, 0.15) is 29.9 Å². The van der Waals surface area contributed by atoms with Crippen LogP contribution in [-0.4, -0.2) is 16.2 Å². The standard InChI is InChI=1S/C13H10O6.C2H6/c14-10-4-2-1-3-9(10)13(17)19-6-8-5-11(15)12(16)7-18-8;1-2/h1-5,7,14,16H,6H2;1-2H3. The maximum atomic E-state index is 11.6. The van der Waals surface area contributed by atoms with Crippen LogP contribution in [0.2, 0.25) is 0 Å².